The van der Waals surface area contributed by atoms with Crippen LogP contribution in [-0.4, -0.2) is 4.57 Å². The minimum atomic E-state index is -0.00888. The van der Waals surface area contributed by atoms with Crippen molar-refractivity contribution in [2.24, 2.45) is 0 Å². The maximum Gasteiger partial charge on any atom is 0.0619 e. The van der Waals surface area contributed by atoms with Crippen LogP contribution in [0.5, 0.6) is 0 Å². The van der Waals surface area contributed by atoms with Crippen LogP contribution in [0.25, 0.3) is 82.8 Å². The number of rotatable bonds is 8. The first-order valence-electron chi connectivity index (χ1n) is 23.9. The summed E-state index contributed by atoms with van der Waals surface area (Å²) in [6, 6.07) is 85.0. The van der Waals surface area contributed by atoms with E-state index < -0.39 is 0 Å². The summed E-state index contributed by atoms with van der Waals surface area (Å²) in [7, 11) is 0. The minimum absolute atomic E-state index is 0.00888. The number of para-hydroxylation sites is 5. The van der Waals surface area contributed by atoms with Crippen LogP contribution in [0.4, 0.5) is 17.1 Å². The van der Waals surface area contributed by atoms with E-state index in [-0.39, 0.29) is 10.8 Å². The van der Waals surface area contributed by atoms with Crippen molar-refractivity contribution in [3.8, 4) is 50.2 Å². The normalized spacial score (nSPS) is 12.0. The third-order valence-electron chi connectivity index (χ3n) is 13.7. The molecule has 10 aromatic carbocycles. The lowest BCUT2D eigenvalue weighted by molar-refractivity contribution is 0.569. The molecule has 1 aromatic heterocycles. The quantitative estimate of drug-likeness (QED) is 0.148. The Balaban J connectivity index is 1.13. The van der Waals surface area contributed by atoms with E-state index in [2.05, 4.69) is 282 Å². The van der Waals surface area contributed by atoms with Gasteiger partial charge in [0.15, 0.2) is 0 Å². The molecule has 0 aliphatic heterocycles. The highest BCUT2D eigenvalue weighted by Crippen LogP contribution is 2.48. The van der Waals surface area contributed by atoms with Crippen LogP contribution in [0.2, 0.25) is 0 Å². The van der Waals surface area contributed by atoms with E-state index >= 15 is 0 Å². The molecule has 2 nitrogen and oxygen atoms in total. The fraction of sp³-hybridized carbons (Fsp3) is 0.121. The average molecular weight is 877 g/mol. The first-order valence-corrected chi connectivity index (χ1v) is 23.9. The van der Waals surface area contributed by atoms with Crippen molar-refractivity contribution in [2.45, 2.75) is 52.4 Å². The highest BCUT2D eigenvalue weighted by molar-refractivity contribution is 6.14. The average Bonchev–Trinajstić information content (AvgIpc) is 3.71. The van der Waals surface area contributed by atoms with Gasteiger partial charge in [-0.05, 0) is 103 Å². The van der Waals surface area contributed by atoms with Crippen LogP contribution in [-0.2, 0) is 10.8 Å². The van der Waals surface area contributed by atoms with E-state index in [0.717, 1.165) is 39.4 Å². The summed E-state index contributed by atoms with van der Waals surface area (Å²) in [6.45, 7) is 13.9. The van der Waals surface area contributed by atoms with Gasteiger partial charge in [0.2, 0.25) is 0 Å². The van der Waals surface area contributed by atoms with Crippen molar-refractivity contribution in [3.63, 3.8) is 0 Å². The monoisotopic (exact) mass is 876 g/mol. The van der Waals surface area contributed by atoms with E-state index in [4.69, 9.17) is 0 Å². The van der Waals surface area contributed by atoms with Crippen molar-refractivity contribution in [1.29, 1.82) is 0 Å². The maximum absolute atomic E-state index is 2.47. The molecule has 0 fully saturated rings. The van der Waals surface area contributed by atoms with Gasteiger partial charge < -0.3 is 9.47 Å². The smallest absolute Gasteiger partial charge is 0.0619 e. The molecule has 2 heteroatoms. The van der Waals surface area contributed by atoms with Gasteiger partial charge in [0.05, 0.1) is 22.4 Å². The van der Waals surface area contributed by atoms with Gasteiger partial charge >= 0.3 is 0 Å². The van der Waals surface area contributed by atoms with E-state index in [1.54, 1.807) is 0 Å². The summed E-state index contributed by atoms with van der Waals surface area (Å²) in [5.74, 6) is 0. The van der Waals surface area contributed by atoms with Crippen LogP contribution >= 0.6 is 0 Å². The van der Waals surface area contributed by atoms with E-state index in [0.29, 0.717) is 0 Å². The van der Waals surface area contributed by atoms with Gasteiger partial charge in [-0.2, -0.15) is 0 Å². The summed E-state index contributed by atoms with van der Waals surface area (Å²) < 4.78 is 2.42. The number of nitrogens with zero attached hydrogens (tertiary/aromatic N) is 2. The molecule has 0 radical (unpaired) electrons. The van der Waals surface area contributed by atoms with E-state index in [1.165, 1.54) is 71.5 Å². The van der Waals surface area contributed by atoms with Crippen LogP contribution in [0.3, 0.4) is 0 Å². The largest absolute Gasteiger partial charge is 0.309 e. The second kappa shape index (κ2) is 17.0. The fourth-order valence-corrected chi connectivity index (χ4v) is 10.2. The number of hydrogen-bond acceptors (Lipinski definition) is 1. The number of anilines is 3. The van der Waals surface area contributed by atoms with Gasteiger partial charge in [0, 0.05) is 38.8 Å². The van der Waals surface area contributed by atoms with Gasteiger partial charge in [0.25, 0.3) is 0 Å². The lowest BCUT2D eigenvalue weighted by Gasteiger charge is -2.30. The number of fused-ring (bicyclic) bond motifs is 4. The van der Waals surface area contributed by atoms with Crippen molar-refractivity contribution < 1.29 is 0 Å². The first-order chi connectivity index (χ1) is 33.0. The Morgan fingerprint density at radius 2 is 0.853 bits per heavy atom. The molecule has 330 valence electrons. The molecule has 1 heterocycles. The summed E-state index contributed by atoms with van der Waals surface area (Å²) >= 11 is 0. The third kappa shape index (κ3) is 7.66. The second-order valence-electron chi connectivity index (χ2n) is 20.2. The predicted molar refractivity (Wildman–Crippen MR) is 292 cm³/mol. The Labute approximate surface area is 401 Å². The topological polar surface area (TPSA) is 8.17 Å². The molecule has 0 amide bonds. The molecule has 11 aromatic rings. The second-order valence-corrected chi connectivity index (χ2v) is 20.2. The van der Waals surface area contributed by atoms with Crippen molar-refractivity contribution in [1.82, 2.24) is 4.57 Å². The predicted octanol–water partition coefficient (Wildman–Crippen LogP) is 18.7. The molecular formula is C66H56N2. The Kier molecular flexibility index (Phi) is 10.7. The molecule has 0 aliphatic rings. The minimum Gasteiger partial charge on any atom is -0.309 e. The molecule has 0 N–H and O–H groups in total. The van der Waals surface area contributed by atoms with Crippen LogP contribution in [0, 0.1) is 0 Å². The SMILES string of the molecule is CC(C)(C)c1cc(-c2cccc3cccc(-c4ccccc4N(c4ccc(-c5cccc6c7ccccc7n(-c7ccccc7)c56)cc4)c4ccccc4-c4ccccc4)c23)cc(C(C)(C)C)c1. The Bertz CT molecular complexity index is 3580. The zero-order chi connectivity index (χ0) is 46.6. The summed E-state index contributed by atoms with van der Waals surface area (Å²) in [5.41, 5.74) is 19.1. The Morgan fingerprint density at radius 3 is 1.53 bits per heavy atom. The molecule has 0 spiro atoms. The molecule has 0 saturated heterocycles. The molecule has 0 atom stereocenters. The molecule has 0 unspecified atom stereocenters. The summed E-state index contributed by atoms with van der Waals surface area (Å²) in [5, 5.41) is 4.96. The highest BCUT2D eigenvalue weighted by atomic mass is 15.1. The lowest BCUT2D eigenvalue weighted by Crippen LogP contribution is -2.16. The standard InChI is InChI=1S/C66H56N2/c1-65(2,3)49-42-48(43-50(44-49)66(4,5)6)54-31-19-24-47-25-20-33-58(63(47)54)56-29-14-17-36-61(56)67(60-35-16-13-28-53(60)45-22-9-7-10-23-45)52-40-38-46(39-41-52)55-32-21-34-59-57-30-15-18-37-62(57)68(64(55)59)51-26-11-8-12-27-51/h7-44H,1-6H3. The van der Waals surface area contributed by atoms with Crippen LogP contribution in [0.1, 0.15) is 52.7 Å². The molecular weight excluding hydrogens is 821 g/mol. The summed E-state index contributed by atoms with van der Waals surface area (Å²) in [6.07, 6.45) is 0. The number of hydrogen-bond donors (Lipinski definition) is 0. The van der Waals surface area contributed by atoms with Crippen molar-refractivity contribution in [3.05, 3.63) is 242 Å². The zero-order valence-corrected chi connectivity index (χ0v) is 39.8. The Hall–Kier alpha value is -7.94. The first kappa shape index (κ1) is 42.7. The van der Waals surface area contributed by atoms with Crippen LogP contribution in [0.15, 0.2) is 231 Å². The third-order valence-corrected chi connectivity index (χ3v) is 13.7. The molecule has 0 bridgehead atoms. The molecule has 0 saturated carbocycles. The van der Waals surface area contributed by atoms with Gasteiger partial charge in [-0.1, -0.05) is 230 Å². The molecule has 0 aliphatic carbocycles. The molecule has 68 heavy (non-hydrogen) atoms. The van der Waals surface area contributed by atoms with Crippen LogP contribution < -0.4 is 4.90 Å². The number of benzene rings is 10. The summed E-state index contributed by atoms with van der Waals surface area (Å²) in [4.78, 5) is 2.47. The molecule has 11 rings (SSSR count). The van der Waals surface area contributed by atoms with Crippen molar-refractivity contribution in [2.75, 3.05) is 4.90 Å². The lowest BCUT2D eigenvalue weighted by atomic mass is 9.78. The van der Waals surface area contributed by atoms with E-state index in [1.807, 2.05) is 0 Å². The van der Waals surface area contributed by atoms with E-state index in [9.17, 15) is 0 Å². The van der Waals surface area contributed by atoms with Gasteiger partial charge in [-0.3, -0.25) is 0 Å². The Morgan fingerprint density at radius 1 is 0.353 bits per heavy atom. The zero-order valence-electron chi connectivity index (χ0n) is 39.8. The highest BCUT2D eigenvalue weighted by Gasteiger charge is 2.25. The van der Waals surface area contributed by atoms with Gasteiger partial charge in [0.1, 0.15) is 0 Å². The maximum atomic E-state index is 2.47. The fourth-order valence-electron chi connectivity index (χ4n) is 10.2. The van der Waals surface area contributed by atoms with Gasteiger partial charge in [-0.25, -0.2) is 0 Å². The number of aromatic nitrogens is 1. The van der Waals surface area contributed by atoms with Gasteiger partial charge in [-0.15, -0.1) is 0 Å². The van der Waals surface area contributed by atoms with Crippen molar-refractivity contribution >= 4 is 49.6 Å².